The van der Waals surface area contributed by atoms with E-state index in [1.165, 1.54) is 0 Å². The molecule has 0 spiro atoms. The van der Waals surface area contributed by atoms with Gasteiger partial charge in [0.1, 0.15) is 5.92 Å². The van der Waals surface area contributed by atoms with Crippen LogP contribution in [0.2, 0.25) is 0 Å². The lowest BCUT2D eigenvalue weighted by molar-refractivity contribution is -0.161. The van der Waals surface area contributed by atoms with Crippen LogP contribution < -0.4 is 0 Å². The van der Waals surface area contributed by atoms with Gasteiger partial charge in [0, 0.05) is 0 Å². The van der Waals surface area contributed by atoms with E-state index in [0.717, 1.165) is 0 Å². The number of aliphatic hydroxyl groups is 2. The van der Waals surface area contributed by atoms with Gasteiger partial charge in [0.25, 0.3) is 0 Å². The van der Waals surface area contributed by atoms with Gasteiger partial charge < -0.3 is 20.4 Å². The van der Waals surface area contributed by atoms with Crippen LogP contribution in [0.4, 0.5) is 0 Å². The lowest BCUT2D eigenvalue weighted by Gasteiger charge is -2.11. The van der Waals surface area contributed by atoms with E-state index in [2.05, 4.69) is 0 Å². The Morgan fingerprint density at radius 2 is 1.64 bits per heavy atom. The minimum absolute atomic E-state index is 0.900. The molecule has 2 unspecified atom stereocenters. The first-order valence-corrected chi connectivity index (χ1v) is 2.75. The van der Waals surface area contributed by atoms with Crippen molar-refractivity contribution in [3.63, 3.8) is 0 Å². The molecule has 0 radical (unpaired) electrons. The Balaban J connectivity index is 4.25. The summed E-state index contributed by atoms with van der Waals surface area (Å²) < 4.78 is 0. The Kier molecular flexibility index (Phi) is 3.49. The van der Waals surface area contributed by atoms with Gasteiger partial charge in [-0.3, -0.25) is 4.79 Å². The van der Waals surface area contributed by atoms with Crippen LogP contribution in [0.1, 0.15) is 0 Å². The second-order valence-corrected chi connectivity index (χ2v) is 1.91. The third-order valence-electron chi connectivity index (χ3n) is 1.15. The quantitative estimate of drug-likeness (QED) is 0.386. The number of aliphatic hydroxyl groups excluding tert-OH is 2. The van der Waals surface area contributed by atoms with Crippen LogP contribution in [-0.2, 0) is 9.59 Å². The number of hydrogen-bond donors (Lipinski definition) is 4. The molecule has 4 N–H and O–H groups in total. The summed E-state index contributed by atoms with van der Waals surface area (Å²) in [5, 5.41) is 33.2. The number of aliphatic carboxylic acids is 2. The zero-order valence-electron chi connectivity index (χ0n) is 5.47. The van der Waals surface area contributed by atoms with E-state index < -0.39 is 30.6 Å². The fourth-order valence-corrected chi connectivity index (χ4v) is 0.485. The number of rotatable bonds is 4. The highest BCUT2D eigenvalue weighted by Gasteiger charge is 2.30. The lowest BCUT2D eigenvalue weighted by Crippen LogP contribution is -2.36. The average molecular weight is 164 g/mol. The molecule has 0 aromatic rings. The highest BCUT2D eigenvalue weighted by Crippen LogP contribution is 2.02. The molecule has 0 aliphatic rings. The van der Waals surface area contributed by atoms with Crippen LogP contribution in [0.25, 0.3) is 0 Å². The van der Waals surface area contributed by atoms with Gasteiger partial charge in [-0.1, -0.05) is 0 Å². The van der Waals surface area contributed by atoms with Gasteiger partial charge in [-0.2, -0.15) is 0 Å². The standard InChI is InChI=1S/C5H8O6/c6-1-2(4(8)9)3(7)5(10)11/h2-3,6-7H,1H2,(H,8,9)(H,10,11). The maximum absolute atomic E-state index is 10.1. The van der Waals surface area contributed by atoms with Crippen LogP contribution in [-0.4, -0.2) is 45.1 Å². The van der Waals surface area contributed by atoms with Crippen molar-refractivity contribution in [2.75, 3.05) is 6.61 Å². The van der Waals surface area contributed by atoms with Crippen LogP contribution in [0.15, 0.2) is 0 Å². The van der Waals surface area contributed by atoms with Crippen LogP contribution in [0.5, 0.6) is 0 Å². The van der Waals surface area contributed by atoms with Crippen molar-refractivity contribution in [3.05, 3.63) is 0 Å². The van der Waals surface area contributed by atoms with Crippen molar-refractivity contribution < 1.29 is 30.0 Å². The maximum Gasteiger partial charge on any atom is 0.333 e. The first kappa shape index (κ1) is 9.86. The van der Waals surface area contributed by atoms with E-state index in [1.807, 2.05) is 0 Å². The first-order valence-electron chi connectivity index (χ1n) is 2.75. The maximum atomic E-state index is 10.1. The summed E-state index contributed by atoms with van der Waals surface area (Å²) in [5.74, 6) is -4.86. The second-order valence-electron chi connectivity index (χ2n) is 1.91. The Hall–Kier alpha value is -1.14. The van der Waals surface area contributed by atoms with E-state index >= 15 is 0 Å². The molecule has 0 aliphatic carbocycles. The van der Waals surface area contributed by atoms with E-state index in [0.29, 0.717) is 0 Å². The predicted molar refractivity (Wildman–Crippen MR) is 31.9 cm³/mol. The fourth-order valence-electron chi connectivity index (χ4n) is 0.485. The summed E-state index contributed by atoms with van der Waals surface area (Å²) in [6.45, 7) is -0.900. The molecule has 0 bridgehead atoms. The van der Waals surface area contributed by atoms with Gasteiger partial charge in [-0.05, 0) is 0 Å². The van der Waals surface area contributed by atoms with Crippen LogP contribution in [0, 0.1) is 5.92 Å². The largest absolute Gasteiger partial charge is 0.481 e. The van der Waals surface area contributed by atoms with Gasteiger partial charge in [0.05, 0.1) is 6.61 Å². The molecule has 0 saturated carbocycles. The molecule has 0 aliphatic heterocycles. The zero-order chi connectivity index (χ0) is 9.02. The number of carbonyl (C=O) groups is 2. The summed E-state index contributed by atoms with van der Waals surface area (Å²) in [6.07, 6.45) is -2.06. The fraction of sp³-hybridized carbons (Fsp3) is 0.600. The molecular weight excluding hydrogens is 156 g/mol. The first-order chi connectivity index (χ1) is 5.00. The van der Waals surface area contributed by atoms with Gasteiger partial charge in [0.15, 0.2) is 6.10 Å². The summed E-state index contributed by atoms with van der Waals surface area (Å²) >= 11 is 0. The molecule has 0 saturated heterocycles. The molecule has 0 aromatic heterocycles. The molecule has 64 valence electrons. The van der Waals surface area contributed by atoms with Gasteiger partial charge >= 0.3 is 11.9 Å². The van der Waals surface area contributed by atoms with Crippen molar-refractivity contribution in [2.24, 2.45) is 5.92 Å². The molecule has 11 heavy (non-hydrogen) atoms. The van der Waals surface area contributed by atoms with E-state index in [1.54, 1.807) is 0 Å². The van der Waals surface area contributed by atoms with Crippen molar-refractivity contribution in [1.29, 1.82) is 0 Å². The highest BCUT2D eigenvalue weighted by atomic mass is 16.4. The van der Waals surface area contributed by atoms with Crippen molar-refractivity contribution in [2.45, 2.75) is 6.10 Å². The summed E-state index contributed by atoms with van der Waals surface area (Å²) in [5.41, 5.74) is 0. The van der Waals surface area contributed by atoms with Crippen molar-refractivity contribution in [1.82, 2.24) is 0 Å². The van der Waals surface area contributed by atoms with E-state index in [-0.39, 0.29) is 0 Å². The third kappa shape index (κ3) is 2.52. The van der Waals surface area contributed by atoms with Gasteiger partial charge in [0.2, 0.25) is 0 Å². The molecule has 6 nitrogen and oxygen atoms in total. The molecule has 2 atom stereocenters. The molecule has 0 rings (SSSR count). The minimum Gasteiger partial charge on any atom is -0.481 e. The third-order valence-corrected chi connectivity index (χ3v) is 1.15. The molecule has 6 heteroatoms. The van der Waals surface area contributed by atoms with E-state index in [4.69, 9.17) is 20.4 Å². The van der Waals surface area contributed by atoms with Gasteiger partial charge in [-0.15, -0.1) is 0 Å². The number of carboxylic acid groups (broad SMARTS) is 2. The topological polar surface area (TPSA) is 115 Å². The van der Waals surface area contributed by atoms with Gasteiger partial charge in [-0.25, -0.2) is 4.79 Å². The van der Waals surface area contributed by atoms with Crippen molar-refractivity contribution >= 4 is 11.9 Å². The summed E-state index contributed by atoms with van der Waals surface area (Å²) in [7, 11) is 0. The van der Waals surface area contributed by atoms with E-state index in [9.17, 15) is 9.59 Å². The second kappa shape index (κ2) is 3.89. The summed E-state index contributed by atoms with van der Waals surface area (Å²) in [4.78, 5) is 20.1. The molecule has 0 aromatic carbocycles. The normalized spacial score (nSPS) is 15.5. The minimum atomic E-state index is -2.06. The average Bonchev–Trinajstić information content (AvgIpc) is 1.88. The monoisotopic (exact) mass is 164 g/mol. The predicted octanol–water partition coefficient (Wildman–Crippen LogP) is -1.87. The number of hydrogen-bond acceptors (Lipinski definition) is 4. The lowest BCUT2D eigenvalue weighted by atomic mass is 10.0. The Morgan fingerprint density at radius 1 is 1.18 bits per heavy atom. The Bertz CT molecular complexity index is 164. The molecule has 0 amide bonds. The van der Waals surface area contributed by atoms with Crippen LogP contribution in [0.3, 0.4) is 0 Å². The molecule has 0 heterocycles. The zero-order valence-corrected chi connectivity index (χ0v) is 5.47. The summed E-state index contributed by atoms with van der Waals surface area (Å²) in [6, 6.07) is 0. The SMILES string of the molecule is O=C(O)C(O)C(CO)C(=O)O. The smallest absolute Gasteiger partial charge is 0.333 e. The molecule has 0 fully saturated rings. The molecular formula is C5H8O6. The number of carboxylic acids is 2. The Labute approximate surface area is 61.7 Å². The van der Waals surface area contributed by atoms with Crippen LogP contribution >= 0.6 is 0 Å². The highest BCUT2D eigenvalue weighted by molar-refractivity contribution is 5.81. The van der Waals surface area contributed by atoms with Crippen molar-refractivity contribution in [3.8, 4) is 0 Å². The Morgan fingerprint density at radius 3 is 1.73 bits per heavy atom.